The molecule has 3 heteroatoms. The van der Waals surface area contributed by atoms with E-state index in [1.165, 1.54) is 5.56 Å². The molecule has 0 fully saturated rings. The first-order valence-electron chi connectivity index (χ1n) is 4.55. The predicted molar refractivity (Wildman–Crippen MR) is 53.6 cm³/mol. The van der Waals surface area contributed by atoms with Crippen LogP contribution in [-0.2, 0) is 6.42 Å². The molecule has 0 bridgehead atoms. The summed E-state index contributed by atoms with van der Waals surface area (Å²) in [5.41, 5.74) is 7.11. The monoisotopic (exact) mass is 188 g/mol. The van der Waals surface area contributed by atoms with Gasteiger partial charge in [0.25, 0.3) is 0 Å². The number of hydrogen-bond acceptors (Lipinski definition) is 3. The van der Waals surface area contributed by atoms with Gasteiger partial charge in [-0.05, 0) is 12.0 Å². The molecule has 0 aliphatic rings. The summed E-state index contributed by atoms with van der Waals surface area (Å²) in [6.07, 6.45) is 3.90. The zero-order valence-corrected chi connectivity index (χ0v) is 7.76. The topological polar surface area (TPSA) is 52.0 Å². The molecule has 14 heavy (non-hydrogen) atoms. The fourth-order valence-electron chi connectivity index (χ4n) is 1.37. The van der Waals surface area contributed by atoms with E-state index in [9.17, 15) is 0 Å². The molecule has 0 aliphatic heterocycles. The number of hydrogen-bond donors (Lipinski definition) is 1. The van der Waals surface area contributed by atoms with Gasteiger partial charge in [0.15, 0.2) is 0 Å². The molecule has 1 atom stereocenters. The highest BCUT2D eigenvalue weighted by Crippen LogP contribution is 2.13. The Morgan fingerprint density at radius 1 is 1.29 bits per heavy atom. The Labute approximate surface area is 82.6 Å². The molecule has 0 amide bonds. The van der Waals surface area contributed by atoms with Gasteiger partial charge in [0.05, 0.1) is 12.2 Å². The van der Waals surface area contributed by atoms with E-state index in [1.54, 1.807) is 12.5 Å². The predicted octanol–water partition coefficient (Wildman–Crippen LogP) is 1.92. The van der Waals surface area contributed by atoms with E-state index in [2.05, 4.69) is 4.98 Å². The van der Waals surface area contributed by atoms with Crippen molar-refractivity contribution >= 4 is 0 Å². The maximum atomic E-state index is 5.92. The number of rotatable bonds is 3. The van der Waals surface area contributed by atoms with E-state index >= 15 is 0 Å². The standard InChI is InChI=1S/C11H12N2O/c12-10(11-13-6-7-14-11)8-9-4-2-1-3-5-9/h1-7,10H,8,12H2. The molecule has 0 spiro atoms. The molecule has 0 aliphatic carbocycles. The highest BCUT2D eigenvalue weighted by molar-refractivity contribution is 5.16. The Balaban J connectivity index is 2.06. The zero-order chi connectivity index (χ0) is 9.80. The Morgan fingerprint density at radius 2 is 2.07 bits per heavy atom. The number of nitrogens with two attached hydrogens (primary N) is 1. The van der Waals surface area contributed by atoms with Crippen LogP contribution in [0.4, 0.5) is 0 Å². The van der Waals surface area contributed by atoms with Gasteiger partial charge in [-0.15, -0.1) is 0 Å². The van der Waals surface area contributed by atoms with Crippen LogP contribution in [0.2, 0.25) is 0 Å². The third kappa shape index (κ3) is 2.00. The van der Waals surface area contributed by atoms with Crippen molar-refractivity contribution < 1.29 is 4.42 Å². The molecule has 0 saturated carbocycles. The fraction of sp³-hybridized carbons (Fsp3) is 0.182. The summed E-state index contributed by atoms with van der Waals surface area (Å²) in [5, 5.41) is 0. The van der Waals surface area contributed by atoms with Crippen molar-refractivity contribution in [1.82, 2.24) is 4.98 Å². The van der Waals surface area contributed by atoms with Gasteiger partial charge in [-0.3, -0.25) is 0 Å². The van der Waals surface area contributed by atoms with E-state index in [0.717, 1.165) is 6.42 Å². The Bertz CT molecular complexity index is 369. The highest BCUT2D eigenvalue weighted by Gasteiger charge is 2.10. The lowest BCUT2D eigenvalue weighted by Crippen LogP contribution is -2.13. The van der Waals surface area contributed by atoms with Gasteiger partial charge in [-0.1, -0.05) is 30.3 Å². The van der Waals surface area contributed by atoms with Crippen LogP contribution in [0.15, 0.2) is 47.2 Å². The summed E-state index contributed by atoms with van der Waals surface area (Å²) in [6, 6.07) is 9.91. The summed E-state index contributed by atoms with van der Waals surface area (Å²) in [6.45, 7) is 0. The second kappa shape index (κ2) is 4.07. The van der Waals surface area contributed by atoms with Crippen molar-refractivity contribution in [2.24, 2.45) is 5.73 Å². The molecule has 1 aromatic carbocycles. The van der Waals surface area contributed by atoms with Gasteiger partial charge >= 0.3 is 0 Å². The van der Waals surface area contributed by atoms with E-state index < -0.39 is 0 Å². The minimum Gasteiger partial charge on any atom is -0.447 e. The molecule has 2 rings (SSSR count). The molecular weight excluding hydrogens is 176 g/mol. The third-order valence-electron chi connectivity index (χ3n) is 2.07. The lowest BCUT2D eigenvalue weighted by atomic mass is 10.1. The summed E-state index contributed by atoms with van der Waals surface area (Å²) in [4.78, 5) is 4.02. The molecule has 72 valence electrons. The lowest BCUT2D eigenvalue weighted by Gasteiger charge is -2.06. The first kappa shape index (κ1) is 8.97. The maximum Gasteiger partial charge on any atom is 0.211 e. The van der Waals surface area contributed by atoms with E-state index in [-0.39, 0.29) is 6.04 Å². The average molecular weight is 188 g/mol. The van der Waals surface area contributed by atoms with Crippen LogP contribution < -0.4 is 5.73 Å². The molecule has 2 N–H and O–H groups in total. The van der Waals surface area contributed by atoms with E-state index in [4.69, 9.17) is 10.2 Å². The van der Waals surface area contributed by atoms with Gasteiger partial charge in [-0.25, -0.2) is 4.98 Å². The molecule has 2 aromatic rings. The molecular formula is C11H12N2O. The second-order valence-corrected chi connectivity index (χ2v) is 3.17. The SMILES string of the molecule is NC(Cc1ccccc1)c1ncco1. The molecule has 1 unspecified atom stereocenters. The van der Waals surface area contributed by atoms with Crippen LogP contribution in [0.1, 0.15) is 17.5 Å². The average Bonchev–Trinajstić information content (AvgIpc) is 2.72. The normalized spacial score (nSPS) is 12.6. The van der Waals surface area contributed by atoms with Crippen molar-refractivity contribution in [3.63, 3.8) is 0 Å². The third-order valence-corrected chi connectivity index (χ3v) is 2.07. The molecule has 0 saturated heterocycles. The van der Waals surface area contributed by atoms with Gasteiger partial charge in [0.2, 0.25) is 5.89 Å². The smallest absolute Gasteiger partial charge is 0.211 e. The van der Waals surface area contributed by atoms with Crippen molar-refractivity contribution in [2.45, 2.75) is 12.5 Å². The number of nitrogens with zero attached hydrogens (tertiary/aromatic N) is 1. The Morgan fingerprint density at radius 3 is 2.71 bits per heavy atom. The summed E-state index contributed by atoms with van der Waals surface area (Å²) < 4.78 is 5.13. The first-order valence-corrected chi connectivity index (χ1v) is 4.55. The molecule has 1 heterocycles. The quantitative estimate of drug-likeness (QED) is 0.800. The number of oxazole rings is 1. The summed E-state index contributed by atoms with van der Waals surface area (Å²) >= 11 is 0. The van der Waals surface area contributed by atoms with Gasteiger partial charge in [0, 0.05) is 0 Å². The summed E-state index contributed by atoms with van der Waals surface area (Å²) in [5.74, 6) is 0.592. The van der Waals surface area contributed by atoms with Crippen molar-refractivity contribution in [1.29, 1.82) is 0 Å². The molecule has 0 radical (unpaired) electrons. The summed E-state index contributed by atoms with van der Waals surface area (Å²) in [7, 11) is 0. The van der Waals surface area contributed by atoms with Crippen molar-refractivity contribution in [3.8, 4) is 0 Å². The first-order chi connectivity index (χ1) is 6.86. The largest absolute Gasteiger partial charge is 0.447 e. The van der Waals surface area contributed by atoms with Crippen LogP contribution in [0, 0.1) is 0 Å². The number of benzene rings is 1. The van der Waals surface area contributed by atoms with Crippen LogP contribution in [-0.4, -0.2) is 4.98 Å². The van der Waals surface area contributed by atoms with Gasteiger partial charge < -0.3 is 10.2 Å². The van der Waals surface area contributed by atoms with Crippen molar-refractivity contribution in [3.05, 3.63) is 54.2 Å². The Hall–Kier alpha value is -1.61. The lowest BCUT2D eigenvalue weighted by molar-refractivity contribution is 0.448. The fourth-order valence-corrected chi connectivity index (χ4v) is 1.37. The molecule has 1 aromatic heterocycles. The van der Waals surface area contributed by atoms with Gasteiger partial charge in [0.1, 0.15) is 6.26 Å². The maximum absolute atomic E-state index is 5.92. The minimum atomic E-state index is -0.160. The highest BCUT2D eigenvalue weighted by atomic mass is 16.3. The van der Waals surface area contributed by atoms with Crippen molar-refractivity contribution in [2.75, 3.05) is 0 Å². The van der Waals surface area contributed by atoms with Crippen LogP contribution in [0.3, 0.4) is 0 Å². The molecule has 3 nitrogen and oxygen atoms in total. The Kier molecular flexibility index (Phi) is 2.60. The van der Waals surface area contributed by atoms with E-state index in [0.29, 0.717) is 5.89 Å². The van der Waals surface area contributed by atoms with Crippen LogP contribution in [0.5, 0.6) is 0 Å². The second-order valence-electron chi connectivity index (χ2n) is 3.17. The van der Waals surface area contributed by atoms with Gasteiger partial charge in [-0.2, -0.15) is 0 Å². The zero-order valence-electron chi connectivity index (χ0n) is 7.76. The minimum absolute atomic E-state index is 0.160. The van der Waals surface area contributed by atoms with Crippen LogP contribution in [0.25, 0.3) is 0 Å². The number of aromatic nitrogens is 1. The van der Waals surface area contributed by atoms with Crippen LogP contribution >= 0.6 is 0 Å². The van der Waals surface area contributed by atoms with E-state index in [1.807, 2.05) is 30.3 Å².